The molecule has 0 unspecified atom stereocenters. The Morgan fingerprint density at radius 1 is 1.35 bits per heavy atom. The smallest absolute Gasteiger partial charge is 0.133 e. The largest absolute Gasteiger partial charge is 0.370 e. The van der Waals surface area contributed by atoms with Crippen LogP contribution in [0, 0.1) is 0 Å². The predicted octanol–water partition coefficient (Wildman–Crippen LogP) is 3.76. The molecule has 0 saturated carbocycles. The Morgan fingerprint density at radius 2 is 2.18 bits per heavy atom. The Kier molecular flexibility index (Phi) is 3.74. The first-order chi connectivity index (χ1) is 8.20. The van der Waals surface area contributed by atoms with Crippen LogP contribution in [0.1, 0.15) is 32.5 Å². The Labute approximate surface area is 106 Å². The fourth-order valence-electron chi connectivity index (χ4n) is 1.55. The second-order valence-corrected chi connectivity index (χ2v) is 5.11. The molecular weight excluding hydrogens is 230 g/mol. The highest BCUT2D eigenvalue weighted by molar-refractivity contribution is 7.13. The van der Waals surface area contributed by atoms with Crippen LogP contribution in [0.5, 0.6) is 0 Å². The van der Waals surface area contributed by atoms with Crippen LogP contribution in [0.4, 0.5) is 5.82 Å². The maximum atomic E-state index is 4.62. The van der Waals surface area contributed by atoms with Gasteiger partial charge in [0.15, 0.2) is 0 Å². The Hall–Kier alpha value is -1.42. The number of aromatic nitrogens is 2. The van der Waals surface area contributed by atoms with E-state index in [1.807, 2.05) is 12.1 Å². The molecule has 2 aromatic rings. The number of thiophene rings is 1. The molecule has 0 spiro atoms. The molecule has 4 heteroatoms. The van der Waals surface area contributed by atoms with Crippen molar-refractivity contribution in [2.45, 2.75) is 26.7 Å². The third-order valence-electron chi connectivity index (χ3n) is 2.39. The van der Waals surface area contributed by atoms with Crippen LogP contribution in [0.15, 0.2) is 23.6 Å². The molecule has 3 nitrogen and oxygen atoms in total. The normalized spacial score (nSPS) is 10.8. The number of anilines is 1. The molecule has 2 heterocycles. The highest BCUT2D eigenvalue weighted by Crippen LogP contribution is 2.26. The number of nitrogens with one attached hydrogen (secondary N) is 1. The second kappa shape index (κ2) is 5.27. The van der Waals surface area contributed by atoms with Crippen molar-refractivity contribution < 1.29 is 0 Å². The molecule has 0 aliphatic rings. The number of rotatable bonds is 4. The highest BCUT2D eigenvalue weighted by Gasteiger charge is 2.09. The summed E-state index contributed by atoms with van der Waals surface area (Å²) in [5.41, 5.74) is 1.01. The van der Waals surface area contributed by atoms with Crippen molar-refractivity contribution in [1.82, 2.24) is 9.97 Å². The quantitative estimate of drug-likeness (QED) is 0.894. The van der Waals surface area contributed by atoms with Gasteiger partial charge in [-0.05, 0) is 18.4 Å². The Balaban J connectivity index is 2.44. The zero-order chi connectivity index (χ0) is 12.3. The van der Waals surface area contributed by atoms with Crippen molar-refractivity contribution in [3.05, 3.63) is 29.4 Å². The third kappa shape index (κ3) is 2.82. The monoisotopic (exact) mass is 247 g/mol. The summed E-state index contributed by atoms with van der Waals surface area (Å²) >= 11 is 1.71. The minimum absolute atomic E-state index is 0.340. The molecule has 0 atom stereocenters. The van der Waals surface area contributed by atoms with Crippen molar-refractivity contribution in [3.63, 3.8) is 0 Å². The summed E-state index contributed by atoms with van der Waals surface area (Å²) in [6, 6.07) is 6.15. The fourth-order valence-corrected chi connectivity index (χ4v) is 2.23. The van der Waals surface area contributed by atoms with Crippen LogP contribution in [0.3, 0.4) is 0 Å². The van der Waals surface area contributed by atoms with Crippen molar-refractivity contribution >= 4 is 17.2 Å². The van der Waals surface area contributed by atoms with E-state index < -0.39 is 0 Å². The van der Waals surface area contributed by atoms with Gasteiger partial charge in [-0.2, -0.15) is 0 Å². The second-order valence-electron chi connectivity index (χ2n) is 4.16. The topological polar surface area (TPSA) is 37.8 Å². The first kappa shape index (κ1) is 12.0. The van der Waals surface area contributed by atoms with Crippen molar-refractivity contribution in [2.24, 2.45) is 0 Å². The van der Waals surface area contributed by atoms with Gasteiger partial charge in [-0.3, -0.25) is 0 Å². The van der Waals surface area contributed by atoms with E-state index in [4.69, 9.17) is 0 Å². The third-order valence-corrected chi connectivity index (χ3v) is 3.28. The van der Waals surface area contributed by atoms with E-state index in [0.717, 1.165) is 23.9 Å². The molecule has 2 rings (SSSR count). The molecule has 0 saturated heterocycles. The van der Waals surface area contributed by atoms with Crippen LogP contribution in [-0.4, -0.2) is 16.5 Å². The maximum Gasteiger partial charge on any atom is 0.133 e. The van der Waals surface area contributed by atoms with Gasteiger partial charge in [0.1, 0.15) is 11.6 Å². The predicted molar refractivity (Wildman–Crippen MR) is 73.6 cm³/mol. The first-order valence-electron chi connectivity index (χ1n) is 5.87. The minimum atomic E-state index is 0.340. The molecule has 0 aliphatic carbocycles. The molecule has 90 valence electrons. The lowest BCUT2D eigenvalue weighted by molar-refractivity contribution is 0.777. The van der Waals surface area contributed by atoms with Gasteiger partial charge in [0.25, 0.3) is 0 Å². The van der Waals surface area contributed by atoms with Crippen LogP contribution in [0.2, 0.25) is 0 Å². The van der Waals surface area contributed by atoms with Crippen LogP contribution in [0.25, 0.3) is 10.6 Å². The zero-order valence-electron chi connectivity index (χ0n) is 10.4. The van der Waals surface area contributed by atoms with E-state index in [1.54, 1.807) is 11.3 Å². The molecule has 0 fully saturated rings. The van der Waals surface area contributed by atoms with E-state index in [2.05, 4.69) is 47.5 Å². The van der Waals surface area contributed by atoms with Gasteiger partial charge in [-0.25, -0.2) is 9.97 Å². The standard InChI is InChI=1S/C13H17N3S/c1-4-14-12-8-10(11-6-5-7-17-11)15-13(16-12)9(2)3/h5-9H,4H2,1-3H3,(H,14,15,16). The lowest BCUT2D eigenvalue weighted by Crippen LogP contribution is -2.05. The molecule has 0 radical (unpaired) electrons. The molecule has 0 aliphatic heterocycles. The number of hydrogen-bond acceptors (Lipinski definition) is 4. The summed E-state index contributed by atoms with van der Waals surface area (Å²) in [6.07, 6.45) is 0. The average Bonchev–Trinajstić information content (AvgIpc) is 2.82. The maximum absolute atomic E-state index is 4.62. The van der Waals surface area contributed by atoms with E-state index in [0.29, 0.717) is 5.92 Å². The van der Waals surface area contributed by atoms with E-state index >= 15 is 0 Å². The van der Waals surface area contributed by atoms with Crippen molar-refractivity contribution in [2.75, 3.05) is 11.9 Å². The lowest BCUT2D eigenvalue weighted by atomic mass is 10.2. The molecule has 2 aromatic heterocycles. The van der Waals surface area contributed by atoms with Gasteiger partial charge >= 0.3 is 0 Å². The van der Waals surface area contributed by atoms with Crippen molar-refractivity contribution in [3.8, 4) is 10.6 Å². The fraction of sp³-hybridized carbons (Fsp3) is 0.385. The van der Waals surface area contributed by atoms with E-state index in [9.17, 15) is 0 Å². The van der Waals surface area contributed by atoms with Gasteiger partial charge in [-0.1, -0.05) is 19.9 Å². The highest BCUT2D eigenvalue weighted by atomic mass is 32.1. The minimum Gasteiger partial charge on any atom is -0.370 e. The van der Waals surface area contributed by atoms with Crippen LogP contribution >= 0.6 is 11.3 Å². The summed E-state index contributed by atoms with van der Waals surface area (Å²) in [4.78, 5) is 10.3. The molecule has 0 amide bonds. The van der Waals surface area contributed by atoms with Gasteiger partial charge in [-0.15, -0.1) is 11.3 Å². The van der Waals surface area contributed by atoms with E-state index in [1.165, 1.54) is 4.88 Å². The summed E-state index contributed by atoms with van der Waals surface area (Å²) in [5, 5.41) is 5.33. The van der Waals surface area contributed by atoms with Gasteiger partial charge in [0, 0.05) is 18.5 Å². The summed E-state index contributed by atoms with van der Waals surface area (Å²) in [7, 11) is 0. The molecular formula is C13H17N3S. The molecule has 0 bridgehead atoms. The molecule has 0 aromatic carbocycles. The summed E-state index contributed by atoms with van der Waals surface area (Å²) in [5.74, 6) is 2.15. The first-order valence-corrected chi connectivity index (χ1v) is 6.75. The van der Waals surface area contributed by atoms with Crippen molar-refractivity contribution in [1.29, 1.82) is 0 Å². The molecule has 1 N–H and O–H groups in total. The Bertz CT molecular complexity index is 477. The zero-order valence-corrected chi connectivity index (χ0v) is 11.2. The van der Waals surface area contributed by atoms with Crippen LogP contribution in [-0.2, 0) is 0 Å². The molecule has 17 heavy (non-hydrogen) atoms. The SMILES string of the molecule is CCNc1cc(-c2cccs2)nc(C(C)C)n1. The van der Waals surface area contributed by atoms with E-state index in [-0.39, 0.29) is 0 Å². The number of hydrogen-bond donors (Lipinski definition) is 1. The summed E-state index contributed by atoms with van der Waals surface area (Å²) in [6.45, 7) is 7.17. The van der Waals surface area contributed by atoms with Crippen LogP contribution < -0.4 is 5.32 Å². The van der Waals surface area contributed by atoms with Gasteiger partial charge in [0.2, 0.25) is 0 Å². The van der Waals surface area contributed by atoms with Gasteiger partial charge < -0.3 is 5.32 Å². The average molecular weight is 247 g/mol. The Morgan fingerprint density at radius 3 is 2.76 bits per heavy atom. The lowest BCUT2D eigenvalue weighted by Gasteiger charge is -2.09. The number of nitrogens with zero attached hydrogens (tertiary/aromatic N) is 2. The van der Waals surface area contributed by atoms with Gasteiger partial charge in [0.05, 0.1) is 10.6 Å². The summed E-state index contributed by atoms with van der Waals surface area (Å²) < 4.78 is 0.